The number of non-ortho nitro benzene ring substituents is 1. The maximum atomic E-state index is 12.6. The van der Waals surface area contributed by atoms with Gasteiger partial charge in [0.2, 0.25) is 0 Å². The average Bonchev–Trinajstić information content (AvgIpc) is 3.25. The zero-order chi connectivity index (χ0) is 20.8. The summed E-state index contributed by atoms with van der Waals surface area (Å²) in [6.45, 7) is 1.16. The number of carbonyl (C=O) groups excluding carboxylic acids is 2. The van der Waals surface area contributed by atoms with Crippen molar-refractivity contribution >= 4 is 23.3 Å². The molecule has 0 spiro atoms. The fraction of sp³-hybridized carbons (Fsp3) is 0.300. The number of amides is 1. The second kappa shape index (κ2) is 9.16. The number of nitrogens with one attached hydrogen (secondary N) is 1. The topological polar surface area (TPSA) is 117 Å². The first-order valence-corrected chi connectivity index (χ1v) is 9.00. The number of hydrogen-bond acceptors (Lipinski definition) is 7. The number of hydrogen-bond donors (Lipinski definition) is 1. The van der Waals surface area contributed by atoms with E-state index in [4.69, 9.17) is 9.47 Å². The Kier molecular flexibility index (Phi) is 6.40. The van der Waals surface area contributed by atoms with Crippen LogP contribution in [0.15, 0.2) is 42.5 Å². The van der Waals surface area contributed by atoms with Crippen LogP contribution in [-0.4, -0.2) is 43.2 Å². The highest BCUT2D eigenvalue weighted by Crippen LogP contribution is 2.22. The molecule has 0 radical (unpaired) electrons. The minimum absolute atomic E-state index is 0.0368. The first kappa shape index (κ1) is 20.3. The Labute approximate surface area is 166 Å². The Morgan fingerprint density at radius 1 is 1.24 bits per heavy atom. The van der Waals surface area contributed by atoms with E-state index in [0.29, 0.717) is 18.0 Å². The van der Waals surface area contributed by atoms with Crippen molar-refractivity contribution in [3.63, 3.8) is 0 Å². The Balaban J connectivity index is 1.74. The molecule has 1 aliphatic heterocycles. The average molecular weight is 400 g/mol. The standard InChI is InChI=1S/C20H20N2O7/c1-27-20(24)14-8-13(9-16(10-14)22(25)26)19(23)21-15-4-2-5-17(11-15)29-12-18-6-3-7-28-18/h2,4-5,8-11,18H,3,6-7,12H2,1H3,(H,21,23). The van der Waals surface area contributed by atoms with Crippen molar-refractivity contribution in [2.75, 3.05) is 25.6 Å². The van der Waals surface area contributed by atoms with Gasteiger partial charge in [-0.25, -0.2) is 4.79 Å². The van der Waals surface area contributed by atoms with Crippen LogP contribution in [-0.2, 0) is 9.47 Å². The third kappa shape index (κ3) is 5.29. The summed E-state index contributed by atoms with van der Waals surface area (Å²) in [5, 5.41) is 13.8. The predicted octanol–water partition coefficient (Wildman–Crippen LogP) is 3.19. The maximum Gasteiger partial charge on any atom is 0.338 e. The number of benzene rings is 2. The summed E-state index contributed by atoms with van der Waals surface area (Å²) < 4.78 is 15.8. The molecular formula is C20H20N2O7. The van der Waals surface area contributed by atoms with Gasteiger partial charge in [0.1, 0.15) is 12.4 Å². The van der Waals surface area contributed by atoms with E-state index < -0.39 is 16.8 Å². The summed E-state index contributed by atoms with van der Waals surface area (Å²) in [7, 11) is 1.16. The number of methoxy groups -OCH3 is 1. The number of nitro benzene ring substituents is 1. The molecule has 0 saturated carbocycles. The van der Waals surface area contributed by atoms with Crippen molar-refractivity contribution in [3.05, 3.63) is 63.7 Å². The van der Waals surface area contributed by atoms with Crippen molar-refractivity contribution in [1.29, 1.82) is 0 Å². The lowest BCUT2D eigenvalue weighted by Crippen LogP contribution is -2.16. The van der Waals surface area contributed by atoms with E-state index >= 15 is 0 Å². The van der Waals surface area contributed by atoms with Gasteiger partial charge in [-0.3, -0.25) is 14.9 Å². The molecule has 1 heterocycles. The summed E-state index contributed by atoms with van der Waals surface area (Å²) in [4.78, 5) is 34.8. The van der Waals surface area contributed by atoms with Crippen molar-refractivity contribution < 1.29 is 28.7 Å². The summed E-state index contributed by atoms with van der Waals surface area (Å²) in [6, 6.07) is 10.2. The van der Waals surface area contributed by atoms with Gasteiger partial charge >= 0.3 is 5.97 Å². The Hall–Kier alpha value is -3.46. The van der Waals surface area contributed by atoms with Crippen LogP contribution in [0.4, 0.5) is 11.4 Å². The minimum Gasteiger partial charge on any atom is -0.491 e. The molecule has 2 aromatic rings. The molecule has 2 aromatic carbocycles. The molecule has 3 rings (SSSR count). The third-order valence-electron chi connectivity index (χ3n) is 4.36. The fourth-order valence-electron chi connectivity index (χ4n) is 2.92. The van der Waals surface area contributed by atoms with Gasteiger partial charge in [0.05, 0.1) is 23.7 Å². The molecule has 1 atom stereocenters. The molecule has 29 heavy (non-hydrogen) atoms. The molecule has 1 aliphatic rings. The van der Waals surface area contributed by atoms with Crippen molar-refractivity contribution in [1.82, 2.24) is 0 Å². The lowest BCUT2D eigenvalue weighted by Gasteiger charge is -2.13. The van der Waals surface area contributed by atoms with E-state index in [9.17, 15) is 19.7 Å². The van der Waals surface area contributed by atoms with Crippen molar-refractivity contribution in [3.8, 4) is 5.75 Å². The number of carbonyl (C=O) groups is 2. The van der Waals surface area contributed by atoms with Crippen LogP contribution in [0.25, 0.3) is 0 Å². The first-order valence-electron chi connectivity index (χ1n) is 9.00. The van der Waals surface area contributed by atoms with Gasteiger partial charge in [0.15, 0.2) is 0 Å². The molecule has 0 aliphatic carbocycles. The van der Waals surface area contributed by atoms with E-state index in [-0.39, 0.29) is 22.9 Å². The predicted molar refractivity (Wildman–Crippen MR) is 103 cm³/mol. The van der Waals surface area contributed by atoms with Crippen LogP contribution in [0.5, 0.6) is 5.75 Å². The SMILES string of the molecule is COC(=O)c1cc(C(=O)Nc2cccc(OCC3CCCO3)c2)cc([N+](=O)[O-])c1. The van der Waals surface area contributed by atoms with Crippen LogP contribution in [0.1, 0.15) is 33.6 Å². The van der Waals surface area contributed by atoms with Gasteiger partial charge < -0.3 is 19.5 Å². The van der Waals surface area contributed by atoms with E-state index in [0.717, 1.165) is 38.7 Å². The van der Waals surface area contributed by atoms with Crippen LogP contribution in [0, 0.1) is 10.1 Å². The van der Waals surface area contributed by atoms with Gasteiger partial charge in [-0.05, 0) is 31.0 Å². The summed E-state index contributed by atoms with van der Waals surface area (Å²) >= 11 is 0. The molecule has 0 aromatic heterocycles. The fourth-order valence-corrected chi connectivity index (χ4v) is 2.92. The second-order valence-electron chi connectivity index (χ2n) is 6.45. The van der Waals surface area contributed by atoms with Crippen molar-refractivity contribution in [2.45, 2.75) is 18.9 Å². The largest absolute Gasteiger partial charge is 0.491 e. The zero-order valence-electron chi connectivity index (χ0n) is 15.8. The third-order valence-corrected chi connectivity index (χ3v) is 4.36. The van der Waals surface area contributed by atoms with Gasteiger partial charge in [-0.15, -0.1) is 0 Å². The van der Waals surface area contributed by atoms with Gasteiger partial charge in [-0.2, -0.15) is 0 Å². The van der Waals surface area contributed by atoms with Crippen LogP contribution >= 0.6 is 0 Å². The molecule has 1 saturated heterocycles. The number of nitro groups is 1. The number of esters is 1. The molecule has 1 unspecified atom stereocenters. The van der Waals surface area contributed by atoms with E-state index in [1.165, 1.54) is 6.07 Å². The molecule has 1 amide bonds. The van der Waals surface area contributed by atoms with E-state index in [1.54, 1.807) is 24.3 Å². The van der Waals surface area contributed by atoms with Crippen LogP contribution < -0.4 is 10.1 Å². The molecule has 9 heteroatoms. The number of anilines is 1. The highest BCUT2D eigenvalue weighted by molar-refractivity contribution is 6.06. The summed E-state index contributed by atoms with van der Waals surface area (Å²) in [5.41, 5.74) is -0.0524. The highest BCUT2D eigenvalue weighted by atomic mass is 16.6. The molecule has 152 valence electrons. The minimum atomic E-state index is -0.771. The summed E-state index contributed by atoms with van der Waals surface area (Å²) in [5.74, 6) is -0.810. The van der Waals surface area contributed by atoms with E-state index in [2.05, 4.69) is 10.1 Å². The lowest BCUT2D eigenvalue weighted by atomic mass is 10.1. The molecule has 1 fully saturated rings. The Bertz CT molecular complexity index is 923. The molecular weight excluding hydrogens is 380 g/mol. The Morgan fingerprint density at radius 2 is 2.03 bits per heavy atom. The molecule has 9 nitrogen and oxygen atoms in total. The van der Waals surface area contributed by atoms with Gasteiger partial charge in [0, 0.05) is 36.1 Å². The smallest absolute Gasteiger partial charge is 0.338 e. The van der Waals surface area contributed by atoms with Crippen LogP contribution in [0.2, 0.25) is 0 Å². The van der Waals surface area contributed by atoms with Crippen LogP contribution in [0.3, 0.4) is 0 Å². The molecule has 1 N–H and O–H groups in total. The van der Waals surface area contributed by atoms with Gasteiger partial charge in [0.25, 0.3) is 11.6 Å². The zero-order valence-corrected chi connectivity index (χ0v) is 15.8. The van der Waals surface area contributed by atoms with E-state index in [1.807, 2.05) is 0 Å². The number of nitrogens with zero attached hydrogens (tertiary/aromatic N) is 1. The maximum absolute atomic E-state index is 12.6. The quantitative estimate of drug-likeness (QED) is 0.431. The number of ether oxygens (including phenoxy) is 3. The highest BCUT2D eigenvalue weighted by Gasteiger charge is 2.19. The first-order chi connectivity index (χ1) is 14.0. The van der Waals surface area contributed by atoms with Gasteiger partial charge in [-0.1, -0.05) is 6.07 Å². The normalized spacial score (nSPS) is 15.6. The summed E-state index contributed by atoms with van der Waals surface area (Å²) in [6.07, 6.45) is 2.03. The molecule has 0 bridgehead atoms. The monoisotopic (exact) mass is 400 g/mol. The van der Waals surface area contributed by atoms with Crippen molar-refractivity contribution in [2.24, 2.45) is 0 Å². The second-order valence-corrected chi connectivity index (χ2v) is 6.45. The lowest BCUT2D eigenvalue weighted by molar-refractivity contribution is -0.384. The Morgan fingerprint density at radius 3 is 2.72 bits per heavy atom. The number of rotatable bonds is 7.